The molecule has 0 atom stereocenters. The van der Waals surface area contributed by atoms with Gasteiger partial charge in [0.2, 0.25) is 0 Å². The molecular formula is C28H26F3NO4. The molecule has 3 aromatic carbocycles. The van der Waals surface area contributed by atoms with Crippen molar-refractivity contribution in [1.29, 1.82) is 0 Å². The van der Waals surface area contributed by atoms with Crippen molar-refractivity contribution in [2.45, 2.75) is 45.0 Å². The molecule has 3 aromatic rings. The van der Waals surface area contributed by atoms with Crippen molar-refractivity contribution in [3.05, 3.63) is 95.1 Å². The number of ether oxygens (including phenoxy) is 2. The highest BCUT2D eigenvalue weighted by Crippen LogP contribution is 2.28. The minimum absolute atomic E-state index is 0.146. The summed E-state index contributed by atoms with van der Waals surface area (Å²) in [5.41, 5.74) is 5.68. The zero-order valence-corrected chi connectivity index (χ0v) is 19.6. The lowest BCUT2D eigenvalue weighted by Gasteiger charge is -2.31. The van der Waals surface area contributed by atoms with Gasteiger partial charge in [-0.3, -0.25) is 4.79 Å². The number of para-hydroxylation sites is 1. The number of nitrogens with zero attached hydrogens (tertiary/aromatic N) is 1. The Morgan fingerprint density at radius 2 is 1.53 bits per heavy atom. The third-order valence-electron chi connectivity index (χ3n) is 5.99. The highest BCUT2D eigenvalue weighted by Gasteiger charge is 2.42. The zero-order valence-electron chi connectivity index (χ0n) is 19.6. The van der Waals surface area contributed by atoms with Crippen LogP contribution in [0.5, 0.6) is 5.75 Å². The number of halogens is 3. The van der Waals surface area contributed by atoms with Crippen molar-refractivity contribution < 1.29 is 32.2 Å². The number of carbonyl (C=O) groups excluding carboxylic acids is 2. The topological polar surface area (TPSA) is 55.8 Å². The molecule has 0 bridgehead atoms. The molecule has 1 heterocycles. The number of aryl methyl sites for hydroxylation is 2. The second-order valence-electron chi connectivity index (χ2n) is 8.66. The molecule has 0 N–H and O–H groups in total. The van der Waals surface area contributed by atoms with Crippen LogP contribution < -0.4 is 9.64 Å². The quantitative estimate of drug-likeness (QED) is 0.292. The van der Waals surface area contributed by atoms with Gasteiger partial charge in [0.05, 0.1) is 6.42 Å². The third kappa shape index (κ3) is 6.87. The van der Waals surface area contributed by atoms with Crippen LogP contribution >= 0.6 is 0 Å². The summed E-state index contributed by atoms with van der Waals surface area (Å²) in [6, 6.07) is 23.8. The lowest BCUT2D eigenvalue weighted by molar-refractivity contribution is -0.201. The predicted octanol–water partition coefficient (Wildman–Crippen LogP) is 5.78. The maximum absolute atomic E-state index is 12.1. The number of rotatable bonds is 8. The number of anilines is 1. The highest BCUT2D eigenvalue weighted by molar-refractivity contribution is 5.88. The van der Waals surface area contributed by atoms with Gasteiger partial charge in [-0.1, -0.05) is 54.6 Å². The van der Waals surface area contributed by atoms with Crippen LogP contribution in [0.2, 0.25) is 0 Å². The number of hydrogen-bond donors (Lipinski definition) is 0. The maximum Gasteiger partial charge on any atom is 0.491 e. The zero-order chi connectivity index (χ0) is 25.5. The average Bonchev–Trinajstić information content (AvgIpc) is 2.87. The van der Waals surface area contributed by atoms with Gasteiger partial charge in [-0.15, -0.1) is 0 Å². The fourth-order valence-electron chi connectivity index (χ4n) is 4.11. The van der Waals surface area contributed by atoms with E-state index in [0.29, 0.717) is 17.9 Å². The third-order valence-corrected chi connectivity index (χ3v) is 5.99. The summed E-state index contributed by atoms with van der Waals surface area (Å²) in [4.78, 5) is 24.5. The first-order chi connectivity index (χ1) is 17.3. The number of benzene rings is 3. The second kappa shape index (κ2) is 11.3. The lowest BCUT2D eigenvalue weighted by atomic mass is 10.0. The normalized spacial score (nSPS) is 13.1. The molecule has 0 saturated carbocycles. The van der Waals surface area contributed by atoms with Gasteiger partial charge in [0.1, 0.15) is 12.4 Å². The standard InChI is InChI=1S/C28H26F3NO4/c29-28(30,31)27(34)36-26(33)16-13-20-11-14-24(15-12-20)35-19-22-9-7-21(8-10-22)18-32-17-3-5-23-4-1-2-6-25(23)32/h1-2,4,6-12,14-15H,3,5,13,16-19H2. The molecule has 0 unspecified atom stereocenters. The first-order valence-electron chi connectivity index (χ1n) is 11.7. The van der Waals surface area contributed by atoms with E-state index in [1.807, 2.05) is 12.1 Å². The van der Waals surface area contributed by atoms with E-state index in [0.717, 1.165) is 31.5 Å². The Morgan fingerprint density at radius 3 is 2.25 bits per heavy atom. The Kier molecular flexibility index (Phi) is 7.93. The lowest BCUT2D eigenvalue weighted by Crippen LogP contribution is -2.28. The Morgan fingerprint density at radius 1 is 0.861 bits per heavy atom. The second-order valence-corrected chi connectivity index (χ2v) is 8.66. The Hall–Kier alpha value is -3.81. The summed E-state index contributed by atoms with van der Waals surface area (Å²) in [6.45, 7) is 2.29. The van der Waals surface area contributed by atoms with Gasteiger partial charge in [-0.25, -0.2) is 4.79 Å². The summed E-state index contributed by atoms with van der Waals surface area (Å²) in [7, 11) is 0. The fraction of sp³-hybridized carbons (Fsp3) is 0.286. The molecule has 0 saturated heterocycles. The van der Waals surface area contributed by atoms with Crippen LogP contribution in [-0.4, -0.2) is 24.7 Å². The predicted molar refractivity (Wildman–Crippen MR) is 129 cm³/mol. The number of hydrogen-bond acceptors (Lipinski definition) is 5. The summed E-state index contributed by atoms with van der Waals surface area (Å²) < 4.78 is 46.0. The van der Waals surface area contributed by atoms with Gasteiger partial charge in [0.25, 0.3) is 0 Å². The van der Waals surface area contributed by atoms with Crippen LogP contribution in [-0.2, 0) is 40.3 Å². The van der Waals surface area contributed by atoms with Crippen LogP contribution in [0.15, 0.2) is 72.8 Å². The van der Waals surface area contributed by atoms with Gasteiger partial charge in [-0.05, 0) is 59.7 Å². The monoisotopic (exact) mass is 497 g/mol. The molecule has 0 spiro atoms. The largest absolute Gasteiger partial charge is 0.491 e. The van der Waals surface area contributed by atoms with Crippen molar-refractivity contribution in [2.75, 3.05) is 11.4 Å². The van der Waals surface area contributed by atoms with Crippen molar-refractivity contribution in [3.8, 4) is 5.75 Å². The van der Waals surface area contributed by atoms with Gasteiger partial charge >= 0.3 is 18.1 Å². The van der Waals surface area contributed by atoms with Gasteiger partial charge in [0.15, 0.2) is 0 Å². The van der Waals surface area contributed by atoms with E-state index in [1.54, 1.807) is 24.3 Å². The van der Waals surface area contributed by atoms with Crippen molar-refractivity contribution in [2.24, 2.45) is 0 Å². The summed E-state index contributed by atoms with van der Waals surface area (Å²) in [5.74, 6) is -3.09. The molecule has 4 rings (SSSR count). The summed E-state index contributed by atoms with van der Waals surface area (Å²) >= 11 is 0. The van der Waals surface area contributed by atoms with Crippen molar-refractivity contribution >= 4 is 17.6 Å². The minimum Gasteiger partial charge on any atom is -0.489 e. The SMILES string of the molecule is O=C(CCc1ccc(OCc2ccc(CN3CCCc4ccccc43)cc2)cc1)OC(=O)C(F)(F)F. The molecule has 0 aromatic heterocycles. The minimum atomic E-state index is -5.19. The molecule has 36 heavy (non-hydrogen) atoms. The van der Waals surface area contributed by atoms with Crippen LogP contribution in [0.1, 0.15) is 35.1 Å². The van der Waals surface area contributed by atoms with E-state index in [2.05, 4.69) is 46.0 Å². The summed E-state index contributed by atoms with van der Waals surface area (Å²) in [6.07, 6.45) is -3.10. The Balaban J connectivity index is 1.23. The van der Waals surface area contributed by atoms with Crippen LogP contribution in [0.4, 0.5) is 18.9 Å². The van der Waals surface area contributed by atoms with E-state index in [9.17, 15) is 22.8 Å². The van der Waals surface area contributed by atoms with E-state index in [4.69, 9.17) is 4.74 Å². The maximum atomic E-state index is 12.1. The number of fused-ring (bicyclic) bond motifs is 1. The Labute approximate surface area is 207 Å². The molecule has 8 heteroatoms. The summed E-state index contributed by atoms with van der Waals surface area (Å²) in [5, 5.41) is 0. The van der Waals surface area contributed by atoms with Crippen molar-refractivity contribution in [3.63, 3.8) is 0 Å². The van der Waals surface area contributed by atoms with Gasteiger partial charge < -0.3 is 14.4 Å². The molecule has 5 nitrogen and oxygen atoms in total. The molecule has 0 amide bonds. The smallest absolute Gasteiger partial charge is 0.489 e. The first kappa shape index (κ1) is 25.3. The molecule has 0 aliphatic carbocycles. The van der Waals surface area contributed by atoms with Crippen molar-refractivity contribution in [1.82, 2.24) is 0 Å². The van der Waals surface area contributed by atoms with Gasteiger partial charge in [0, 0.05) is 18.8 Å². The number of carbonyl (C=O) groups is 2. The molecule has 1 aliphatic rings. The van der Waals surface area contributed by atoms with Crippen LogP contribution in [0.3, 0.4) is 0 Å². The molecular weight excluding hydrogens is 471 g/mol. The number of esters is 2. The highest BCUT2D eigenvalue weighted by atomic mass is 19.4. The van der Waals surface area contributed by atoms with Crippen LogP contribution in [0.25, 0.3) is 0 Å². The van der Waals surface area contributed by atoms with Crippen LogP contribution in [0, 0.1) is 0 Å². The Bertz CT molecular complexity index is 1190. The van der Waals surface area contributed by atoms with E-state index >= 15 is 0 Å². The van der Waals surface area contributed by atoms with E-state index in [-0.39, 0.29) is 12.8 Å². The average molecular weight is 498 g/mol. The molecule has 1 aliphatic heterocycles. The van der Waals surface area contributed by atoms with E-state index < -0.39 is 18.1 Å². The molecule has 188 valence electrons. The molecule has 0 radical (unpaired) electrons. The van der Waals surface area contributed by atoms with E-state index in [1.165, 1.54) is 16.8 Å². The number of alkyl halides is 3. The fourth-order valence-corrected chi connectivity index (χ4v) is 4.11. The first-order valence-corrected chi connectivity index (χ1v) is 11.7. The van der Waals surface area contributed by atoms with Gasteiger partial charge in [-0.2, -0.15) is 13.2 Å². The molecule has 0 fully saturated rings.